The number of hydrogen-bond donors (Lipinski definition) is 1. The van der Waals surface area contributed by atoms with Crippen LogP contribution < -0.4 is 0 Å². The SMILES string of the molecule is CC(=O)CC1CCCCN1C(=O)c1c(O)cccc1F. The number of benzene rings is 1. The maximum atomic E-state index is 13.8. The number of carbonyl (C=O) groups excluding carboxylic acids is 2. The number of phenolic OH excluding ortho intramolecular Hbond substituents is 1. The van der Waals surface area contributed by atoms with Crippen molar-refractivity contribution < 1.29 is 19.1 Å². The van der Waals surface area contributed by atoms with Gasteiger partial charge in [-0.05, 0) is 38.3 Å². The smallest absolute Gasteiger partial charge is 0.260 e. The summed E-state index contributed by atoms with van der Waals surface area (Å²) in [6, 6.07) is 3.59. The van der Waals surface area contributed by atoms with E-state index in [-0.39, 0.29) is 29.6 Å². The van der Waals surface area contributed by atoms with E-state index >= 15 is 0 Å². The third kappa shape index (κ3) is 2.98. The highest BCUT2D eigenvalue weighted by Gasteiger charge is 2.31. The predicted molar refractivity (Wildman–Crippen MR) is 72.0 cm³/mol. The molecule has 1 atom stereocenters. The molecule has 1 unspecified atom stereocenters. The van der Waals surface area contributed by atoms with Crippen LogP contribution in [0.1, 0.15) is 43.0 Å². The summed E-state index contributed by atoms with van der Waals surface area (Å²) in [5.74, 6) is -1.62. The number of piperidine rings is 1. The van der Waals surface area contributed by atoms with E-state index in [0.29, 0.717) is 6.54 Å². The van der Waals surface area contributed by atoms with Crippen LogP contribution in [-0.2, 0) is 4.79 Å². The number of amides is 1. The largest absolute Gasteiger partial charge is 0.507 e. The van der Waals surface area contributed by atoms with Crippen molar-refractivity contribution >= 4 is 11.7 Å². The number of rotatable bonds is 3. The Balaban J connectivity index is 2.28. The molecule has 1 aliphatic heterocycles. The lowest BCUT2D eigenvalue weighted by atomic mass is 9.96. The number of hydrogen-bond acceptors (Lipinski definition) is 3. The van der Waals surface area contributed by atoms with Crippen LogP contribution in [0, 0.1) is 5.82 Å². The van der Waals surface area contributed by atoms with E-state index in [1.165, 1.54) is 24.0 Å². The van der Waals surface area contributed by atoms with E-state index in [1.807, 2.05) is 0 Å². The minimum Gasteiger partial charge on any atom is -0.507 e. The molecule has 1 amide bonds. The van der Waals surface area contributed by atoms with E-state index in [4.69, 9.17) is 0 Å². The fourth-order valence-electron chi connectivity index (χ4n) is 2.68. The Hall–Kier alpha value is -1.91. The van der Waals surface area contributed by atoms with Gasteiger partial charge >= 0.3 is 0 Å². The van der Waals surface area contributed by atoms with Crippen molar-refractivity contribution in [1.29, 1.82) is 0 Å². The van der Waals surface area contributed by atoms with Crippen LogP contribution in [0.2, 0.25) is 0 Å². The summed E-state index contributed by atoms with van der Waals surface area (Å²) in [6.45, 7) is 1.97. The maximum absolute atomic E-state index is 13.8. The maximum Gasteiger partial charge on any atom is 0.260 e. The van der Waals surface area contributed by atoms with Gasteiger partial charge in [0.1, 0.15) is 22.9 Å². The average molecular weight is 279 g/mol. The van der Waals surface area contributed by atoms with Crippen molar-refractivity contribution in [3.8, 4) is 5.75 Å². The Labute approximate surface area is 117 Å². The topological polar surface area (TPSA) is 57.6 Å². The molecule has 0 saturated carbocycles. The number of likely N-dealkylation sites (tertiary alicyclic amines) is 1. The molecule has 2 rings (SSSR count). The van der Waals surface area contributed by atoms with Gasteiger partial charge < -0.3 is 10.0 Å². The van der Waals surface area contributed by atoms with Crippen LogP contribution in [0.3, 0.4) is 0 Å². The molecule has 4 nitrogen and oxygen atoms in total. The Bertz CT molecular complexity index is 510. The highest BCUT2D eigenvalue weighted by atomic mass is 19.1. The van der Waals surface area contributed by atoms with Gasteiger partial charge in [0.2, 0.25) is 0 Å². The van der Waals surface area contributed by atoms with Crippen molar-refractivity contribution in [2.24, 2.45) is 0 Å². The van der Waals surface area contributed by atoms with Crippen molar-refractivity contribution in [1.82, 2.24) is 4.90 Å². The van der Waals surface area contributed by atoms with Crippen LogP contribution in [-0.4, -0.2) is 34.3 Å². The molecule has 0 aliphatic carbocycles. The van der Waals surface area contributed by atoms with E-state index < -0.39 is 11.7 Å². The third-order valence-electron chi connectivity index (χ3n) is 3.62. The van der Waals surface area contributed by atoms with Crippen molar-refractivity contribution in [2.45, 2.75) is 38.6 Å². The molecule has 0 radical (unpaired) electrons. The second-order valence-electron chi connectivity index (χ2n) is 5.19. The van der Waals surface area contributed by atoms with Gasteiger partial charge in [-0.25, -0.2) is 4.39 Å². The number of aromatic hydroxyl groups is 1. The summed E-state index contributed by atoms with van der Waals surface area (Å²) in [5, 5.41) is 9.71. The third-order valence-corrected chi connectivity index (χ3v) is 3.62. The molecule has 20 heavy (non-hydrogen) atoms. The quantitative estimate of drug-likeness (QED) is 0.925. The second-order valence-corrected chi connectivity index (χ2v) is 5.19. The first kappa shape index (κ1) is 14.5. The lowest BCUT2D eigenvalue weighted by molar-refractivity contribution is -0.118. The Morgan fingerprint density at radius 2 is 2.15 bits per heavy atom. The Morgan fingerprint density at radius 3 is 2.80 bits per heavy atom. The van der Waals surface area contributed by atoms with E-state index in [2.05, 4.69) is 0 Å². The number of carbonyl (C=O) groups is 2. The summed E-state index contributed by atoms with van der Waals surface area (Å²) in [4.78, 5) is 25.3. The van der Waals surface area contributed by atoms with E-state index in [0.717, 1.165) is 25.3 Å². The van der Waals surface area contributed by atoms with Gasteiger partial charge in [-0.2, -0.15) is 0 Å². The van der Waals surface area contributed by atoms with Gasteiger partial charge in [0.25, 0.3) is 5.91 Å². The summed E-state index contributed by atoms with van der Waals surface area (Å²) in [6.07, 6.45) is 2.79. The van der Waals surface area contributed by atoms with Gasteiger partial charge in [0, 0.05) is 19.0 Å². The van der Waals surface area contributed by atoms with Gasteiger partial charge in [-0.1, -0.05) is 6.07 Å². The lowest BCUT2D eigenvalue weighted by Crippen LogP contribution is -2.44. The van der Waals surface area contributed by atoms with Gasteiger partial charge in [-0.15, -0.1) is 0 Å². The fraction of sp³-hybridized carbons (Fsp3) is 0.467. The molecule has 1 aromatic rings. The zero-order chi connectivity index (χ0) is 14.7. The zero-order valence-electron chi connectivity index (χ0n) is 11.4. The van der Waals surface area contributed by atoms with Crippen LogP contribution in [0.5, 0.6) is 5.75 Å². The standard InChI is InChI=1S/C15H18FNO3/c1-10(18)9-11-5-2-3-8-17(11)15(20)14-12(16)6-4-7-13(14)19/h4,6-7,11,19H,2-3,5,8-9H2,1H3. The molecule has 5 heteroatoms. The molecule has 1 heterocycles. The molecule has 0 aromatic heterocycles. The molecule has 0 spiro atoms. The lowest BCUT2D eigenvalue weighted by Gasteiger charge is -2.35. The number of phenols is 1. The number of ketones is 1. The Morgan fingerprint density at radius 1 is 1.40 bits per heavy atom. The molecule has 108 valence electrons. The normalized spacial score (nSPS) is 18.9. The molecule has 1 aromatic carbocycles. The number of nitrogens with zero attached hydrogens (tertiary/aromatic N) is 1. The molecule has 1 fully saturated rings. The van der Waals surface area contributed by atoms with Crippen LogP contribution in [0.15, 0.2) is 18.2 Å². The van der Waals surface area contributed by atoms with E-state index in [1.54, 1.807) is 0 Å². The molecule has 1 saturated heterocycles. The average Bonchev–Trinajstić information content (AvgIpc) is 2.38. The zero-order valence-corrected chi connectivity index (χ0v) is 11.4. The summed E-state index contributed by atoms with van der Waals surface area (Å²) in [7, 11) is 0. The van der Waals surface area contributed by atoms with Gasteiger partial charge in [0.15, 0.2) is 0 Å². The van der Waals surface area contributed by atoms with Crippen molar-refractivity contribution in [3.63, 3.8) is 0 Å². The first-order valence-corrected chi connectivity index (χ1v) is 6.78. The van der Waals surface area contributed by atoms with Gasteiger partial charge in [0.05, 0.1) is 0 Å². The highest BCUT2D eigenvalue weighted by molar-refractivity contribution is 5.97. The summed E-state index contributed by atoms with van der Waals surface area (Å²) in [5.41, 5.74) is -0.303. The summed E-state index contributed by atoms with van der Waals surface area (Å²) >= 11 is 0. The Kier molecular flexibility index (Phi) is 4.37. The molecular formula is C15H18FNO3. The highest BCUT2D eigenvalue weighted by Crippen LogP contribution is 2.27. The van der Waals surface area contributed by atoms with E-state index in [9.17, 15) is 19.1 Å². The molecule has 0 bridgehead atoms. The number of Topliss-reactive ketones (excluding diaryl/α,β-unsaturated/α-hetero) is 1. The fourth-order valence-corrected chi connectivity index (χ4v) is 2.68. The van der Waals surface area contributed by atoms with Crippen molar-refractivity contribution in [3.05, 3.63) is 29.6 Å². The first-order valence-electron chi connectivity index (χ1n) is 6.78. The summed E-state index contributed by atoms with van der Waals surface area (Å²) < 4.78 is 13.8. The minimum absolute atomic E-state index is 0.00690. The molecule has 1 N–H and O–H groups in total. The predicted octanol–water partition coefficient (Wildman–Crippen LogP) is 2.51. The number of halogens is 1. The molecular weight excluding hydrogens is 261 g/mol. The monoisotopic (exact) mass is 279 g/mol. The van der Waals surface area contributed by atoms with Crippen molar-refractivity contribution in [2.75, 3.05) is 6.54 Å². The first-order chi connectivity index (χ1) is 9.50. The van der Waals surface area contributed by atoms with Crippen LogP contribution in [0.25, 0.3) is 0 Å². The van der Waals surface area contributed by atoms with Crippen LogP contribution >= 0.6 is 0 Å². The van der Waals surface area contributed by atoms with Gasteiger partial charge in [-0.3, -0.25) is 9.59 Å². The second kappa shape index (κ2) is 6.03. The minimum atomic E-state index is -0.734. The molecule has 1 aliphatic rings. The van der Waals surface area contributed by atoms with Crippen LogP contribution in [0.4, 0.5) is 4.39 Å².